The molecule has 0 atom stereocenters. The third-order valence-electron chi connectivity index (χ3n) is 0. The Kier molecular flexibility index (Phi) is 51200. The summed E-state index contributed by atoms with van der Waals surface area (Å²) in [6.07, 6.45) is 0. The zero-order valence-electron chi connectivity index (χ0n) is 5.38. The molecule has 0 unspecified atom stereocenters. The Hall–Kier alpha value is 0.519. The predicted molar refractivity (Wildman–Crippen MR) is 32.1 cm³/mol. The van der Waals surface area contributed by atoms with Crippen LogP contribution in [0.4, 0.5) is 0 Å². The predicted octanol–water partition coefficient (Wildman–Crippen LogP) is 2.25. The first-order valence-electron chi connectivity index (χ1n) is 0. The molecule has 0 amide bonds. The van der Waals surface area contributed by atoms with Crippen molar-refractivity contribution in [1.29, 1.82) is 0 Å². The summed E-state index contributed by atoms with van der Waals surface area (Å²) in [5, 5.41) is 0. The molecule has 0 aromatic heterocycles. The van der Waals surface area contributed by atoms with Crippen LogP contribution in [0.5, 0.6) is 0 Å². The van der Waals surface area contributed by atoms with Crippen molar-refractivity contribution in [3.8, 4) is 0 Å². The number of hydrogen-bond donors (Lipinski definition) is 0. The maximum Gasteiger partial charge on any atom is 3.00 e. The molecule has 0 radical (unpaired) electrons. The number of hydrogen-bond acceptors (Lipinski definition) is 0. The van der Waals surface area contributed by atoms with Gasteiger partial charge in [-0.1, -0.05) is 0 Å². The standard InChI is InChI=1S/5CH3.Mn/h5*1H3;/q5*-1;+3. The van der Waals surface area contributed by atoms with Crippen molar-refractivity contribution in [3.63, 3.8) is 0 Å². The van der Waals surface area contributed by atoms with Gasteiger partial charge in [-0.3, -0.25) is 0 Å². The fourth-order valence-corrected chi connectivity index (χ4v) is 0. The van der Waals surface area contributed by atoms with E-state index < -0.39 is 0 Å². The van der Waals surface area contributed by atoms with E-state index in [2.05, 4.69) is 0 Å². The van der Waals surface area contributed by atoms with E-state index in [9.17, 15) is 0 Å². The Morgan fingerprint density at radius 1 is 0.333 bits per heavy atom. The first kappa shape index (κ1) is 736. The molecule has 0 aromatic carbocycles. The Labute approximate surface area is 54.8 Å². The quantitative estimate of drug-likeness (QED) is 0.348. The summed E-state index contributed by atoms with van der Waals surface area (Å²) in [4.78, 5) is 0. The molecule has 1 heteroatoms. The van der Waals surface area contributed by atoms with Crippen LogP contribution in [0.2, 0.25) is 0 Å². The van der Waals surface area contributed by atoms with Crippen LogP contribution >= 0.6 is 0 Å². The van der Waals surface area contributed by atoms with Crippen molar-refractivity contribution in [2.45, 2.75) is 0 Å². The van der Waals surface area contributed by atoms with Crippen molar-refractivity contribution in [2.24, 2.45) is 0 Å². The third kappa shape index (κ3) is 207. The fourth-order valence-electron chi connectivity index (χ4n) is 0. The molecule has 0 N–H and O–H groups in total. The first-order valence-corrected chi connectivity index (χ1v) is 0. The van der Waals surface area contributed by atoms with E-state index in [0.29, 0.717) is 0 Å². The molecule has 0 saturated carbocycles. The minimum Gasteiger partial charge on any atom is -0.358 e. The largest absolute Gasteiger partial charge is 3.00 e. The van der Waals surface area contributed by atoms with E-state index in [0.717, 1.165) is 0 Å². The van der Waals surface area contributed by atoms with E-state index in [1.807, 2.05) is 0 Å². The molecule has 0 saturated heterocycles. The van der Waals surface area contributed by atoms with Crippen LogP contribution in [0.3, 0.4) is 0 Å². The van der Waals surface area contributed by atoms with E-state index in [4.69, 9.17) is 0 Å². The smallest absolute Gasteiger partial charge is 0.358 e. The molecule has 44 valence electrons. The van der Waals surface area contributed by atoms with Gasteiger partial charge in [0.1, 0.15) is 0 Å². The molecule has 0 rings (SSSR count). The minimum atomic E-state index is 0. The van der Waals surface area contributed by atoms with Gasteiger partial charge in [0.2, 0.25) is 0 Å². The van der Waals surface area contributed by atoms with Crippen molar-refractivity contribution in [1.82, 2.24) is 0 Å². The third-order valence-corrected chi connectivity index (χ3v) is 0. The van der Waals surface area contributed by atoms with Crippen molar-refractivity contribution in [3.05, 3.63) is 37.1 Å². The summed E-state index contributed by atoms with van der Waals surface area (Å²) >= 11 is 0. The average Bonchev–Trinajstić information content (AvgIpc) is 0. The molecule has 0 nitrogen and oxygen atoms in total. The van der Waals surface area contributed by atoms with Crippen LogP contribution < -0.4 is 0 Å². The van der Waals surface area contributed by atoms with Gasteiger partial charge in [0.15, 0.2) is 0 Å². The number of rotatable bonds is 0. The summed E-state index contributed by atoms with van der Waals surface area (Å²) in [5.74, 6) is 0. The normalized spacial score (nSPS) is 0. The monoisotopic (exact) mass is 130 g/mol. The van der Waals surface area contributed by atoms with Gasteiger partial charge in [0.25, 0.3) is 0 Å². The second-order valence-corrected chi connectivity index (χ2v) is 0. The zero-order chi connectivity index (χ0) is 0. The molecule has 6 heavy (non-hydrogen) atoms. The summed E-state index contributed by atoms with van der Waals surface area (Å²) < 4.78 is 0. The summed E-state index contributed by atoms with van der Waals surface area (Å²) in [6.45, 7) is 0. The minimum absolute atomic E-state index is 0. The zero-order valence-corrected chi connectivity index (χ0v) is 6.56. The molecule has 0 fully saturated rings. The van der Waals surface area contributed by atoms with E-state index >= 15 is 0 Å². The molecule has 0 aliphatic heterocycles. The van der Waals surface area contributed by atoms with E-state index in [1.54, 1.807) is 0 Å². The van der Waals surface area contributed by atoms with Crippen LogP contribution in [0.15, 0.2) is 0 Å². The van der Waals surface area contributed by atoms with E-state index in [-0.39, 0.29) is 54.2 Å². The summed E-state index contributed by atoms with van der Waals surface area (Å²) in [7, 11) is 0. The molecular weight excluding hydrogens is 115 g/mol. The van der Waals surface area contributed by atoms with Crippen LogP contribution in [-0.4, -0.2) is 0 Å². The Bertz CT molecular complexity index is 3.90. The average molecular weight is 130 g/mol. The Morgan fingerprint density at radius 2 is 0.333 bits per heavy atom. The van der Waals surface area contributed by atoms with Crippen molar-refractivity contribution in [2.75, 3.05) is 0 Å². The Morgan fingerprint density at radius 3 is 0.333 bits per heavy atom. The van der Waals surface area contributed by atoms with Crippen LogP contribution in [0.1, 0.15) is 0 Å². The van der Waals surface area contributed by atoms with Gasteiger partial charge in [-0.25, -0.2) is 0 Å². The van der Waals surface area contributed by atoms with Gasteiger partial charge in [-0.2, -0.15) is 0 Å². The van der Waals surface area contributed by atoms with Crippen LogP contribution in [0, 0.1) is 37.1 Å². The Balaban J connectivity index is 0. The van der Waals surface area contributed by atoms with Crippen molar-refractivity contribution >= 4 is 0 Å². The van der Waals surface area contributed by atoms with Crippen LogP contribution in [0.25, 0.3) is 0 Å². The molecular formula is C5H15Mn-2. The second kappa shape index (κ2) is 418. The summed E-state index contributed by atoms with van der Waals surface area (Å²) in [6, 6.07) is 0. The summed E-state index contributed by atoms with van der Waals surface area (Å²) in [5.41, 5.74) is 0. The SMILES string of the molecule is [CH3-].[CH3-].[CH3-].[CH3-].[CH3-].[Mn+3]. The molecule has 0 spiro atoms. The molecule has 0 heterocycles. The second-order valence-electron chi connectivity index (χ2n) is 0. The maximum atomic E-state index is 0. The van der Waals surface area contributed by atoms with Gasteiger partial charge in [0.05, 0.1) is 0 Å². The topological polar surface area (TPSA) is 0 Å². The molecule has 0 aliphatic rings. The molecule has 0 bridgehead atoms. The van der Waals surface area contributed by atoms with Crippen LogP contribution in [-0.2, 0) is 17.1 Å². The van der Waals surface area contributed by atoms with Crippen molar-refractivity contribution < 1.29 is 17.1 Å². The van der Waals surface area contributed by atoms with Gasteiger partial charge in [-0.05, 0) is 0 Å². The van der Waals surface area contributed by atoms with Gasteiger partial charge in [0, 0.05) is 0 Å². The van der Waals surface area contributed by atoms with E-state index in [1.165, 1.54) is 0 Å². The molecule has 0 aromatic rings. The fraction of sp³-hybridized carbons (Fsp3) is 0. The van der Waals surface area contributed by atoms with Gasteiger partial charge in [-0.15, -0.1) is 0 Å². The van der Waals surface area contributed by atoms with Gasteiger partial charge < -0.3 is 37.1 Å². The van der Waals surface area contributed by atoms with Gasteiger partial charge >= 0.3 is 17.1 Å². The first-order chi connectivity index (χ1) is 0. The maximum absolute atomic E-state index is 0. The molecule has 0 aliphatic carbocycles.